The van der Waals surface area contributed by atoms with Crippen molar-refractivity contribution < 1.29 is 33.6 Å². The fourth-order valence-electron chi connectivity index (χ4n) is 4.84. The molecule has 1 aliphatic carbocycles. The number of amides is 4. The van der Waals surface area contributed by atoms with Crippen molar-refractivity contribution in [3.63, 3.8) is 0 Å². The topological polar surface area (TPSA) is 170 Å². The highest BCUT2D eigenvalue weighted by Crippen LogP contribution is 2.36. The minimum absolute atomic E-state index is 0.0619. The highest BCUT2D eigenvalue weighted by atomic mass is 16.6. The first kappa shape index (κ1) is 26.2. The van der Waals surface area contributed by atoms with Gasteiger partial charge in [-0.2, -0.15) is 0 Å². The number of aromatic nitrogens is 1. The first-order valence-electron chi connectivity index (χ1n) is 12.8. The van der Waals surface area contributed by atoms with Crippen LogP contribution in [0, 0.1) is 10.1 Å². The SMILES string of the molecule is O=C1CCC(N2C(=O)c3ccc(OC4(NCCCCOc5ccc([N+](=O)[O-])cn5)CCC4)cc3C2=O)C(=O)N1. The number of imide groups is 2. The van der Waals surface area contributed by atoms with Crippen molar-refractivity contribution in [2.45, 2.75) is 56.7 Å². The van der Waals surface area contributed by atoms with Crippen LogP contribution in [-0.4, -0.2) is 63.4 Å². The largest absolute Gasteiger partial charge is 0.478 e. The van der Waals surface area contributed by atoms with Gasteiger partial charge in [-0.05, 0) is 50.4 Å². The molecule has 204 valence electrons. The first-order chi connectivity index (χ1) is 18.8. The minimum Gasteiger partial charge on any atom is -0.478 e. The summed E-state index contributed by atoms with van der Waals surface area (Å²) in [6.45, 7) is 1.06. The quantitative estimate of drug-likeness (QED) is 0.142. The Labute approximate surface area is 223 Å². The molecule has 3 aliphatic rings. The van der Waals surface area contributed by atoms with Crippen molar-refractivity contribution >= 4 is 29.3 Å². The molecule has 1 saturated heterocycles. The molecular weight excluding hydrogens is 510 g/mol. The standard InChI is InChI=1S/C26H27N5O8/c32-21-8-7-20(23(33)29-21)30-24(34)18-6-5-17(14-19(18)25(30)35)39-26(10-3-11-26)28-12-1-2-13-38-22-9-4-16(15-27-22)31(36)37/h4-6,9,14-15,20,28H,1-3,7-8,10-13H2,(H,29,32,33). The molecule has 39 heavy (non-hydrogen) atoms. The summed E-state index contributed by atoms with van der Waals surface area (Å²) in [5.74, 6) is -1.43. The van der Waals surface area contributed by atoms with Crippen LogP contribution in [0.4, 0.5) is 5.69 Å². The van der Waals surface area contributed by atoms with Crippen molar-refractivity contribution in [1.29, 1.82) is 0 Å². The van der Waals surface area contributed by atoms with Crippen molar-refractivity contribution in [1.82, 2.24) is 20.5 Å². The number of piperidine rings is 1. The zero-order valence-corrected chi connectivity index (χ0v) is 21.0. The molecule has 0 bridgehead atoms. The minimum atomic E-state index is -1.01. The van der Waals surface area contributed by atoms with E-state index in [1.165, 1.54) is 24.3 Å². The predicted molar refractivity (Wildman–Crippen MR) is 134 cm³/mol. The van der Waals surface area contributed by atoms with Crippen LogP contribution in [0.15, 0.2) is 36.5 Å². The number of benzene rings is 1. The van der Waals surface area contributed by atoms with E-state index in [-0.39, 0.29) is 29.7 Å². The summed E-state index contributed by atoms with van der Waals surface area (Å²) in [6, 6.07) is 6.51. The monoisotopic (exact) mass is 537 g/mol. The Hall–Kier alpha value is -4.39. The van der Waals surface area contributed by atoms with Crippen molar-refractivity contribution in [3.8, 4) is 11.6 Å². The van der Waals surface area contributed by atoms with Gasteiger partial charge in [0.1, 0.15) is 18.0 Å². The number of nitrogens with one attached hydrogen (secondary N) is 2. The van der Waals surface area contributed by atoms with Crippen LogP contribution in [-0.2, 0) is 9.59 Å². The molecule has 4 amide bonds. The van der Waals surface area contributed by atoms with Gasteiger partial charge in [0.05, 0.1) is 22.7 Å². The molecule has 3 heterocycles. The lowest BCUT2D eigenvalue weighted by molar-refractivity contribution is -0.385. The summed E-state index contributed by atoms with van der Waals surface area (Å²) in [7, 11) is 0. The number of fused-ring (bicyclic) bond motifs is 1. The highest BCUT2D eigenvalue weighted by Gasteiger charge is 2.45. The second-order valence-corrected chi connectivity index (χ2v) is 9.70. The van der Waals surface area contributed by atoms with Crippen LogP contribution in [0.2, 0.25) is 0 Å². The van der Waals surface area contributed by atoms with Gasteiger partial charge in [0, 0.05) is 31.4 Å². The molecule has 13 nitrogen and oxygen atoms in total. The number of carbonyl (C=O) groups is 4. The van der Waals surface area contributed by atoms with Gasteiger partial charge >= 0.3 is 0 Å². The highest BCUT2D eigenvalue weighted by molar-refractivity contribution is 6.23. The van der Waals surface area contributed by atoms with Gasteiger partial charge in [-0.15, -0.1) is 0 Å². The number of unbranched alkanes of at least 4 members (excludes halogenated alkanes) is 1. The van der Waals surface area contributed by atoms with Gasteiger partial charge in [-0.25, -0.2) is 4.98 Å². The summed E-state index contributed by atoms with van der Waals surface area (Å²) in [5, 5.41) is 16.3. The number of ether oxygens (including phenoxy) is 2. The molecule has 0 radical (unpaired) electrons. The van der Waals surface area contributed by atoms with Crippen LogP contribution in [0.1, 0.15) is 65.7 Å². The van der Waals surface area contributed by atoms with Crippen LogP contribution in [0.25, 0.3) is 0 Å². The van der Waals surface area contributed by atoms with Gasteiger partial charge < -0.3 is 9.47 Å². The van der Waals surface area contributed by atoms with Crippen LogP contribution in [0.5, 0.6) is 11.6 Å². The molecule has 1 saturated carbocycles. The predicted octanol–water partition coefficient (Wildman–Crippen LogP) is 2.10. The van der Waals surface area contributed by atoms with Gasteiger partial charge in [0.2, 0.25) is 17.7 Å². The molecule has 2 aromatic rings. The van der Waals surface area contributed by atoms with E-state index < -0.39 is 40.3 Å². The normalized spacial score (nSPS) is 19.8. The van der Waals surface area contributed by atoms with E-state index in [0.29, 0.717) is 24.8 Å². The first-order valence-corrected chi connectivity index (χ1v) is 12.8. The second kappa shape index (κ2) is 10.8. The van der Waals surface area contributed by atoms with Gasteiger partial charge in [-0.1, -0.05) is 0 Å². The van der Waals surface area contributed by atoms with E-state index in [1.54, 1.807) is 6.07 Å². The van der Waals surface area contributed by atoms with Gasteiger partial charge in [0.15, 0.2) is 5.72 Å². The van der Waals surface area contributed by atoms with E-state index in [9.17, 15) is 29.3 Å². The molecule has 1 atom stereocenters. The molecule has 2 N–H and O–H groups in total. The molecular formula is C26H27N5O8. The zero-order valence-electron chi connectivity index (χ0n) is 21.0. The maximum atomic E-state index is 13.1. The summed E-state index contributed by atoms with van der Waals surface area (Å²) in [4.78, 5) is 64.7. The third-order valence-electron chi connectivity index (χ3n) is 7.09. The third-order valence-corrected chi connectivity index (χ3v) is 7.09. The average molecular weight is 538 g/mol. The van der Waals surface area contributed by atoms with E-state index >= 15 is 0 Å². The van der Waals surface area contributed by atoms with Crippen molar-refractivity contribution in [3.05, 3.63) is 57.8 Å². The summed E-state index contributed by atoms with van der Waals surface area (Å²) >= 11 is 0. The number of rotatable bonds is 11. The molecule has 5 rings (SSSR count). The fraction of sp³-hybridized carbons (Fsp3) is 0.423. The van der Waals surface area contributed by atoms with Gasteiger partial charge in [0.25, 0.3) is 17.5 Å². The van der Waals surface area contributed by atoms with Crippen LogP contribution < -0.4 is 20.1 Å². The molecule has 0 spiro atoms. The Balaban J connectivity index is 1.13. The lowest BCUT2D eigenvalue weighted by Crippen LogP contribution is -2.55. The number of pyridine rings is 1. The number of hydrogen-bond donors (Lipinski definition) is 2. The third kappa shape index (κ3) is 5.43. The summed E-state index contributed by atoms with van der Waals surface area (Å²) in [6.07, 6.45) is 5.38. The second-order valence-electron chi connectivity index (χ2n) is 9.70. The number of nitro groups is 1. The zero-order chi connectivity index (χ0) is 27.6. The smallest absolute Gasteiger partial charge is 0.287 e. The molecule has 2 aliphatic heterocycles. The number of nitrogens with zero attached hydrogens (tertiary/aromatic N) is 3. The summed E-state index contributed by atoms with van der Waals surface area (Å²) < 4.78 is 11.8. The molecule has 1 aromatic heterocycles. The number of carbonyl (C=O) groups excluding carboxylic acids is 4. The van der Waals surface area contributed by atoms with E-state index in [2.05, 4.69) is 15.6 Å². The Kier molecular flexibility index (Phi) is 7.24. The molecule has 2 fully saturated rings. The van der Waals surface area contributed by atoms with Crippen molar-refractivity contribution in [2.75, 3.05) is 13.2 Å². The molecule has 1 unspecified atom stereocenters. The summed E-state index contributed by atoms with van der Waals surface area (Å²) in [5.41, 5.74) is -0.295. The van der Waals surface area contributed by atoms with E-state index in [0.717, 1.165) is 43.2 Å². The fourth-order valence-corrected chi connectivity index (χ4v) is 4.84. The Morgan fingerprint density at radius 2 is 1.90 bits per heavy atom. The Morgan fingerprint density at radius 1 is 1.10 bits per heavy atom. The Morgan fingerprint density at radius 3 is 2.56 bits per heavy atom. The average Bonchev–Trinajstić information content (AvgIpc) is 3.14. The molecule has 13 heteroatoms. The lowest BCUT2D eigenvalue weighted by atomic mass is 9.87. The maximum Gasteiger partial charge on any atom is 0.287 e. The maximum absolute atomic E-state index is 13.1. The van der Waals surface area contributed by atoms with E-state index in [4.69, 9.17) is 9.47 Å². The lowest BCUT2D eigenvalue weighted by Gasteiger charge is -2.42. The van der Waals surface area contributed by atoms with E-state index in [1.807, 2.05) is 0 Å². The van der Waals surface area contributed by atoms with Crippen LogP contribution >= 0.6 is 0 Å². The Bertz CT molecular complexity index is 1320. The number of hydrogen-bond acceptors (Lipinski definition) is 10. The molecule has 1 aromatic carbocycles. The van der Waals surface area contributed by atoms with Gasteiger partial charge in [-0.3, -0.25) is 44.8 Å². The van der Waals surface area contributed by atoms with Crippen LogP contribution in [0.3, 0.4) is 0 Å². The van der Waals surface area contributed by atoms with Crippen molar-refractivity contribution in [2.24, 2.45) is 0 Å².